The number of guanidine groups is 1. The lowest BCUT2D eigenvalue weighted by atomic mass is 9.91. The van der Waals surface area contributed by atoms with Gasteiger partial charge in [-0.3, -0.25) is 9.10 Å². The number of amides is 1. The molecule has 0 spiro atoms. The summed E-state index contributed by atoms with van der Waals surface area (Å²) in [6, 6.07) is 7.10. The van der Waals surface area contributed by atoms with E-state index in [9.17, 15) is 9.00 Å². The van der Waals surface area contributed by atoms with Gasteiger partial charge in [-0.25, -0.2) is 14.2 Å². The molecule has 0 radical (unpaired) electrons. The number of carbonyl (C=O) groups is 1. The number of aliphatic imine (C=N–C) groups is 1. The summed E-state index contributed by atoms with van der Waals surface area (Å²) in [6.07, 6.45) is 2.07. The summed E-state index contributed by atoms with van der Waals surface area (Å²) in [5, 5.41) is 3.20. The Hall–Kier alpha value is -2.01. The lowest BCUT2D eigenvalue weighted by molar-refractivity contribution is 0.00700. The number of hydrogen-bond donors (Lipinski definition) is 2. The zero-order valence-electron chi connectivity index (χ0n) is 16.6. The van der Waals surface area contributed by atoms with Crippen LogP contribution in [0.15, 0.2) is 29.3 Å². The topological polar surface area (TPSA) is 110 Å². The number of carbonyl (C=O) groups excluding carboxylic acids is 1. The maximum Gasteiger partial charge on any atom is 0.266 e. The summed E-state index contributed by atoms with van der Waals surface area (Å²) >= 11 is 7.77. The van der Waals surface area contributed by atoms with E-state index in [1.807, 2.05) is 19.1 Å². The van der Waals surface area contributed by atoms with Gasteiger partial charge in [-0.1, -0.05) is 24.6 Å². The Morgan fingerprint density at radius 2 is 2.33 bits per heavy atom. The lowest BCUT2D eigenvalue weighted by Gasteiger charge is -2.44. The van der Waals surface area contributed by atoms with Crippen LogP contribution in [-0.2, 0) is 27.7 Å². The summed E-state index contributed by atoms with van der Waals surface area (Å²) in [5.41, 5.74) is 5.25. The Morgan fingerprint density at radius 3 is 3.10 bits per heavy atom. The van der Waals surface area contributed by atoms with E-state index >= 15 is 0 Å². The molecule has 1 fully saturated rings. The number of fused-ring (bicyclic) bond motifs is 1. The van der Waals surface area contributed by atoms with Crippen molar-refractivity contribution in [2.45, 2.75) is 37.2 Å². The first-order chi connectivity index (χ1) is 14.4. The number of halogens is 1. The van der Waals surface area contributed by atoms with E-state index in [1.165, 1.54) is 15.6 Å². The molecule has 0 saturated carbocycles. The van der Waals surface area contributed by atoms with E-state index in [4.69, 9.17) is 22.1 Å². The van der Waals surface area contributed by atoms with Crippen molar-refractivity contribution >= 4 is 51.6 Å². The third-order valence-corrected chi connectivity index (χ3v) is 8.50. The highest BCUT2D eigenvalue weighted by atomic mass is 35.5. The van der Waals surface area contributed by atoms with Gasteiger partial charge in [-0.2, -0.15) is 0 Å². The zero-order valence-corrected chi connectivity index (χ0v) is 18.9. The minimum Gasteiger partial charge on any atom is -0.369 e. The second-order valence-electron chi connectivity index (χ2n) is 7.08. The van der Waals surface area contributed by atoms with Gasteiger partial charge in [-0.05, 0) is 37.5 Å². The average Bonchev–Trinajstić information content (AvgIpc) is 3.15. The molecule has 0 aromatic carbocycles. The van der Waals surface area contributed by atoms with Crippen LogP contribution in [0.2, 0.25) is 5.02 Å². The number of rotatable bonds is 4. The summed E-state index contributed by atoms with van der Waals surface area (Å²) in [6.45, 7) is 2.48. The average molecular weight is 468 g/mol. The fraction of sp³-hybridized carbons (Fsp3) is 0.421. The second-order valence-corrected chi connectivity index (χ2v) is 10.1. The summed E-state index contributed by atoms with van der Waals surface area (Å²) in [5.74, 6) is 0.320. The van der Waals surface area contributed by atoms with Crippen LogP contribution in [0.1, 0.15) is 40.0 Å². The van der Waals surface area contributed by atoms with Crippen LogP contribution in [0.5, 0.6) is 0 Å². The predicted octanol–water partition coefficient (Wildman–Crippen LogP) is 2.87. The Morgan fingerprint density at radius 1 is 1.53 bits per heavy atom. The molecule has 30 heavy (non-hydrogen) atoms. The normalized spacial score (nSPS) is 26.1. The first kappa shape index (κ1) is 21.2. The number of ether oxygens (including phenoxy) is 1. The van der Waals surface area contributed by atoms with Crippen molar-refractivity contribution in [1.82, 2.24) is 9.29 Å². The van der Waals surface area contributed by atoms with Crippen LogP contribution in [0.3, 0.4) is 0 Å². The number of aromatic nitrogens is 1. The number of thiophene rings is 1. The number of pyridine rings is 1. The molecule has 4 heterocycles. The number of hydrogen-bond acceptors (Lipinski definition) is 7. The molecule has 11 heteroatoms. The van der Waals surface area contributed by atoms with E-state index in [1.54, 1.807) is 19.2 Å². The van der Waals surface area contributed by atoms with Crippen molar-refractivity contribution in [3.05, 3.63) is 44.7 Å². The Kier molecular flexibility index (Phi) is 5.84. The van der Waals surface area contributed by atoms with Gasteiger partial charge in [0, 0.05) is 19.3 Å². The van der Waals surface area contributed by atoms with Gasteiger partial charge in [-0.15, -0.1) is 11.3 Å². The molecular formula is C19H22ClN5O3S2. The number of anilines is 1. The van der Waals surface area contributed by atoms with Gasteiger partial charge < -0.3 is 15.8 Å². The Bertz CT molecular complexity index is 1040. The summed E-state index contributed by atoms with van der Waals surface area (Å²) < 4.78 is 20.2. The molecule has 0 aliphatic carbocycles. The van der Waals surface area contributed by atoms with Crippen molar-refractivity contribution in [2.75, 3.05) is 19.0 Å². The minimum atomic E-state index is -1.52. The van der Waals surface area contributed by atoms with Crippen molar-refractivity contribution in [3.8, 4) is 0 Å². The van der Waals surface area contributed by atoms with Gasteiger partial charge in [0.25, 0.3) is 5.91 Å². The summed E-state index contributed by atoms with van der Waals surface area (Å²) in [4.78, 5) is 23.0. The van der Waals surface area contributed by atoms with E-state index < -0.39 is 22.0 Å². The zero-order chi connectivity index (χ0) is 21.5. The largest absolute Gasteiger partial charge is 0.369 e. The third kappa shape index (κ3) is 3.62. The fourth-order valence-electron chi connectivity index (χ4n) is 3.60. The van der Waals surface area contributed by atoms with Gasteiger partial charge >= 0.3 is 0 Å². The summed E-state index contributed by atoms with van der Waals surface area (Å²) in [7, 11) is 0.0907. The van der Waals surface area contributed by atoms with Crippen LogP contribution in [0.25, 0.3) is 0 Å². The van der Waals surface area contributed by atoms with Crippen molar-refractivity contribution < 1.29 is 13.7 Å². The quantitative estimate of drug-likeness (QED) is 0.718. The van der Waals surface area contributed by atoms with Gasteiger partial charge in [0.05, 0.1) is 14.8 Å². The van der Waals surface area contributed by atoms with Gasteiger partial charge in [0.1, 0.15) is 11.4 Å². The first-order valence-electron chi connectivity index (χ1n) is 9.54. The number of aryl methyl sites for hydroxylation is 1. The van der Waals surface area contributed by atoms with Crippen LogP contribution >= 0.6 is 22.9 Å². The van der Waals surface area contributed by atoms with E-state index in [0.29, 0.717) is 33.6 Å². The van der Waals surface area contributed by atoms with Crippen LogP contribution < -0.4 is 11.1 Å². The Balaban J connectivity index is 1.69. The van der Waals surface area contributed by atoms with Crippen molar-refractivity contribution in [3.63, 3.8) is 0 Å². The molecule has 1 saturated heterocycles. The van der Waals surface area contributed by atoms with Gasteiger partial charge in [0.15, 0.2) is 16.4 Å². The Labute approximate surface area is 186 Å². The highest BCUT2D eigenvalue weighted by Crippen LogP contribution is 2.49. The molecule has 3 N–H and O–H groups in total. The maximum atomic E-state index is 12.9. The van der Waals surface area contributed by atoms with Crippen molar-refractivity contribution in [2.24, 2.45) is 10.7 Å². The van der Waals surface area contributed by atoms with E-state index in [-0.39, 0.29) is 11.9 Å². The number of nitrogens with zero attached hydrogens (tertiary/aromatic N) is 3. The molecule has 2 aliphatic rings. The van der Waals surface area contributed by atoms with Crippen LogP contribution in [0, 0.1) is 0 Å². The molecule has 1 amide bonds. The molecule has 8 nitrogen and oxygen atoms in total. The third-order valence-electron chi connectivity index (χ3n) is 5.17. The highest BCUT2D eigenvalue weighted by molar-refractivity contribution is 7.83. The standard InChI is InChI=1S/C19H22ClN5O3S2/c1-3-11-6-4-7-14(22-11)23-16(26)13-10-12(20)15(29-13)19-8-5-9-28-17(19)30(27)25(2)18(21)24-19/h4,6-7,10,17H,3,5,8-9H2,1-2H3,(H2,21,24)(H,22,23,26). The van der Waals surface area contributed by atoms with E-state index in [2.05, 4.69) is 15.3 Å². The lowest BCUT2D eigenvalue weighted by Crippen LogP contribution is -2.57. The molecule has 0 bridgehead atoms. The number of nitrogens with two attached hydrogens (primary N) is 1. The second kappa shape index (κ2) is 8.26. The molecule has 3 atom stereocenters. The molecule has 3 unspecified atom stereocenters. The first-order valence-corrected chi connectivity index (χ1v) is 11.9. The van der Waals surface area contributed by atoms with E-state index in [0.717, 1.165) is 18.5 Å². The molecule has 2 aromatic rings. The fourth-order valence-corrected chi connectivity index (χ4v) is 6.61. The van der Waals surface area contributed by atoms with Crippen LogP contribution in [-0.4, -0.2) is 44.5 Å². The molecule has 4 rings (SSSR count). The molecule has 2 aromatic heterocycles. The molecule has 160 valence electrons. The SMILES string of the molecule is CCc1cccc(NC(=O)c2cc(Cl)c(C34CCCOC3S(=O)N(C)C(N)=N4)s2)n1. The predicted molar refractivity (Wildman–Crippen MR) is 119 cm³/mol. The minimum absolute atomic E-state index is 0.158. The van der Waals surface area contributed by atoms with Crippen LogP contribution in [0.4, 0.5) is 5.82 Å². The number of nitrogens with one attached hydrogen (secondary N) is 1. The highest BCUT2D eigenvalue weighted by Gasteiger charge is 2.53. The monoisotopic (exact) mass is 467 g/mol. The van der Waals surface area contributed by atoms with Gasteiger partial charge in [0.2, 0.25) is 5.96 Å². The maximum absolute atomic E-state index is 12.9. The smallest absolute Gasteiger partial charge is 0.266 e. The molecule has 2 aliphatic heterocycles. The molecular weight excluding hydrogens is 446 g/mol. The van der Waals surface area contributed by atoms with Crippen molar-refractivity contribution in [1.29, 1.82) is 0 Å².